The van der Waals surface area contributed by atoms with E-state index in [2.05, 4.69) is 172 Å². The van der Waals surface area contributed by atoms with E-state index in [1.807, 2.05) is 33.3 Å². The van der Waals surface area contributed by atoms with Crippen LogP contribution in [0.3, 0.4) is 0 Å². The smallest absolute Gasteiger partial charge is 0.456 e. The average molecular weight is 1210 g/mol. The molecule has 3 atom stereocenters. The summed E-state index contributed by atoms with van der Waals surface area (Å²) in [5.74, 6) is -0.576. The standard InChI is InChI=1S/C76H127N2O7P/c1-7-10-13-16-19-22-25-28-30-32-34-36-37-38-39-40-41-43-44-46-48-50-53-56-59-62-65-68-75(79)77-73(72-84-86(81,82)83-71-70-78(4,5)6)74(67-64-61-58-55-52-27-24-21-18-15-12-9-3)85-76(80)69-66-63-60-57-54-51-49-47-45-42-35-33-31-29-26-23-20-17-14-11-8-2/h10-11,13-14,19-20,22-23,28-31,34-36,38-39,41-43,47,49,54,57,64,67,73-74H,7-9,12,15-18,21,24-27,32-33,37,40,44-46,48,50-53,55-56,58-63,65-66,68-72H2,1-6H3,(H-,77,79,81,82)/p+1/b13-10-,14-11-,22-19-,23-20-,30-28-,31-29-,36-34-,39-38-,42-35-,43-41-,49-47-,57-54-,67-64-. The highest BCUT2D eigenvalue weighted by Gasteiger charge is 2.30. The predicted molar refractivity (Wildman–Crippen MR) is 373 cm³/mol. The number of likely N-dealkylation sites (N-methyl/N-ethyl adjacent to an activating group) is 1. The molecule has 488 valence electrons. The quantitative estimate of drug-likeness (QED) is 0.0205. The Hall–Kier alpha value is -4.37. The van der Waals surface area contributed by atoms with E-state index < -0.39 is 20.0 Å². The van der Waals surface area contributed by atoms with Gasteiger partial charge >= 0.3 is 13.8 Å². The molecule has 0 aliphatic rings. The zero-order valence-corrected chi connectivity index (χ0v) is 56.6. The van der Waals surface area contributed by atoms with E-state index in [0.29, 0.717) is 23.9 Å². The molecule has 0 heterocycles. The average Bonchev–Trinajstić information content (AvgIpc) is 3.67. The maximum absolute atomic E-state index is 13.6. The molecule has 0 fully saturated rings. The highest BCUT2D eigenvalue weighted by Crippen LogP contribution is 2.43. The topological polar surface area (TPSA) is 111 Å². The second-order valence-electron chi connectivity index (χ2n) is 23.6. The monoisotopic (exact) mass is 1210 g/mol. The first-order valence-corrected chi connectivity index (χ1v) is 35.8. The number of esters is 1. The number of nitrogens with zero attached hydrogens (tertiary/aromatic N) is 1. The molecule has 2 N–H and O–H groups in total. The van der Waals surface area contributed by atoms with Crippen molar-refractivity contribution in [1.82, 2.24) is 5.32 Å². The number of carbonyl (C=O) groups excluding carboxylic acids is 2. The van der Waals surface area contributed by atoms with Crippen LogP contribution in [0, 0.1) is 0 Å². The van der Waals surface area contributed by atoms with Crippen molar-refractivity contribution in [3.63, 3.8) is 0 Å². The Bertz CT molecular complexity index is 2030. The fraction of sp³-hybridized carbons (Fsp3) is 0.632. The minimum Gasteiger partial charge on any atom is -0.456 e. The lowest BCUT2D eigenvalue weighted by molar-refractivity contribution is -0.870. The summed E-state index contributed by atoms with van der Waals surface area (Å²) in [7, 11) is 1.44. The molecule has 1 amide bonds. The molecule has 3 unspecified atom stereocenters. The van der Waals surface area contributed by atoms with Crippen molar-refractivity contribution in [2.24, 2.45) is 0 Å². The molecule has 0 bridgehead atoms. The molecule has 86 heavy (non-hydrogen) atoms. The van der Waals surface area contributed by atoms with Crippen molar-refractivity contribution in [1.29, 1.82) is 0 Å². The Labute approximate surface area is 529 Å². The van der Waals surface area contributed by atoms with Crippen LogP contribution in [0.5, 0.6) is 0 Å². The van der Waals surface area contributed by atoms with Crippen molar-refractivity contribution in [3.8, 4) is 0 Å². The number of unbranched alkanes of at least 4 members (excludes halogenated alkanes) is 20. The lowest BCUT2D eigenvalue weighted by atomic mass is 10.0. The molecular weight excluding hydrogens is 1080 g/mol. The molecular formula is C76H128N2O7P+. The Morgan fingerprint density at radius 1 is 0.419 bits per heavy atom. The molecule has 0 rings (SSSR count). The first kappa shape index (κ1) is 81.6. The summed E-state index contributed by atoms with van der Waals surface area (Å²) >= 11 is 0. The fourth-order valence-corrected chi connectivity index (χ4v) is 9.74. The van der Waals surface area contributed by atoms with Gasteiger partial charge in [-0.05, 0) is 134 Å². The number of nitrogens with one attached hydrogen (secondary N) is 1. The zero-order valence-electron chi connectivity index (χ0n) is 55.7. The van der Waals surface area contributed by atoms with Crippen LogP contribution in [0.1, 0.15) is 258 Å². The molecule has 0 aromatic heterocycles. The summed E-state index contributed by atoms with van der Waals surface area (Å²) in [4.78, 5) is 37.9. The largest absolute Gasteiger partial charge is 0.472 e. The van der Waals surface area contributed by atoms with E-state index >= 15 is 0 Å². The number of quaternary nitrogens is 1. The molecule has 0 aliphatic carbocycles. The number of carbonyl (C=O) groups is 2. The first-order chi connectivity index (χ1) is 41.9. The normalized spacial score (nSPS) is 14.5. The Balaban J connectivity index is 5.22. The lowest BCUT2D eigenvalue weighted by Gasteiger charge is -2.27. The predicted octanol–water partition coefficient (Wildman–Crippen LogP) is 21.9. The minimum atomic E-state index is -4.48. The van der Waals surface area contributed by atoms with Crippen LogP contribution in [-0.4, -0.2) is 74.3 Å². The van der Waals surface area contributed by atoms with Gasteiger partial charge in [0.2, 0.25) is 5.91 Å². The van der Waals surface area contributed by atoms with Crippen molar-refractivity contribution >= 4 is 19.7 Å². The molecule has 0 aromatic carbocycles. The number of phosphoric acid groups is 1. The summed E-state index contributed by atoms with van der Waals surface area (Å²) in [6.07, 6.45) is 93.9. The number of phosphoric ester groups is 1. The third kappa shape index (κ3) is 64.1. The summed E-state index contributed by atoms with van der Waals surface area (Å²) in [6, 6.07) is -0.885. The molecule has 0 saturated carbocycles. The van der Waals surface area contributed by atoms with Gasteiger partial charge in [0.25, 0.3) is 0 Å². The number of hydrogen-bond acceptors (Lipinski definition) is 6. The Morgan fingerprint density at radius 3 is 1.13 bits per heavy atom. The minimum absolute atomic E-state index is 0.0222. The Kier molecular flexibility index (Phi) is 60.4. The Morgan fingerprint density at radius 2 is 0.744 bits per heavy atom. The van der Waals surface area contributed by atoms with E-state index in [0.717, 1.165) is 141 Å². The number of allylic oxidation sites excluding steroid dienone is 25. The molecule has 10 heteroatoms. The van der Waals surface area contributed by atoms with Gasteiger partial charge < -0.3 is 19.4 Å². The maximum atomic E-state index is 13.6. The fourth-order valence-electron chi connectivity index (χ4n) is 9.00. The van der Waals surface area contributed by atoms with Gasteiger partial charge in [0.1, 0.15) is 19.3 Å². The van der Waals surface area contributed by atoms with Crippen LogP contribution in [0.4, 0.5) is 0 Å². The third-order valence-electron chi connectivity index (χ3n) is 14.2. The zero-order chi connectivity index (χ0) is 62.8. The van der Waals surface area contributed by atoms with Crippen molar-refractivity contribution in [2.45, 2.75) is 270 Å². The number of amides is 1. The second kappa shape index (κ2) is 63.6. The highest BCUT2D eigenvalue weighted by atomic mass is 31.2. The van der Waals surface area contributed by atoms with Gasteiger partial charge in [-0.15, -0.1) is 0 Å². The van der Waals surface area contributed by atoms with Crippen LogP contribution < -0.4 is 5.32 Å². The van der Waals surface area contributed by atoms with Crippen LogP contribution in [0.15, 0.2) is 158 Å². The second-order valence-corrected chi connectivity index (χ2v) is 25.0. The number of hydrogen-bond donors (Lipinski definition) is 2. The van der Waals surface area contributed by atoms with Crippen LogP contribution >= 0.6 is 7.82 Å². The van der Waals surface area contributed by atoms with Crippen LogP contribution in [0.25, 0.3) is 0 Å². The lowest BCUT2D eigenvalue weighted by Crippen LogP contribution is -2.47. The summed E-state index contributed by atoms with van der Waals surface area (Å²) in [5, 5.41) is 3.05. The van der Waals surface area contributed by atoms with E-state index in [1.54, 1.807) is 0 Å². The van der Waals surface area contributed by atoms with Crippen LogP contribution in [-0.2, 0) is 27.9 Å². The molecule has 0 aliphatic heterocycles. The molecule has 0 spiro atoms. The van der Waals surface area contributed by atoms with Gasteiger partial charge in [-0.2, -0.15) is 0 Å². The molecule has 9 nitrogen and oxygen atoms in total. The number of rotatable bonds is 60. The summed E-state index contributed by atoms with van der Waals surface area (Å²) < 4.78 is 30.7. The van der Waals surface area contributed by atoms with Crippen molar-refractivity contribution in [3.05, 3.63) is 158 Å². The SMILES string of the molecule is CC/C=C\C/C=C\C/C=C\C/C=C\C/C=C\C/C=C\CCCCCCCCCCC(=O)NC(COP(=O)(O)OCC[N+](C)(C)C)C(/C=C\CCCCCCCCCCCC)OC(=O)CCCC/C=C\C/C=C\C/C=C\C/C=C\C/C=C\C/C=C\CC. The van der Waals surface area contributed by atoms with Gasteiger partial charge in [0, 0.05) is 12.8 Å². The third-order valence-corrected chi connectivity index (χ3v) is 15.2. The van der Waals surface area contributed by atoms with E-state index in [-0.39, 0.29) is 31.5 Å². The molecule has 0 saturated heterocycles. The van der Waals surface area contributed by atoms with E-state index in [4.69, 9.17) is 13.8 Å². The molecule has 0 radical (unpaired) electrons. The van der Waals surface area contributed by atoms with Gasteiger partial charge in [0.15, 0.2) is 0 Å². The maximum Gasteiger partial charge on any atom is 0.472 e. The molecule has 0 aromatic rings. The first-order valence-electron chi connectivity index (χ1n) is 34.3. The number of ether oxygens (including phenoxy) is 1. The van der Waals surface area contributed by atoms with Gasteiger partial charge in [0.05, 0.1) is 33.8 Å². The van der Waals surface area contributed by atoms with Gasteiger partial charge in [-0.3, -0.25) is 18.6 Å². The van der Waals surface area contributed by atoms with Crippen LogP contribution in [0.2, 0.25) is 0 Å². The van der Waals surface area contributed by atoms with Crippen molar-refractivity contribution < 1.29 is 37.3 Å². The van der Waals surface area contributed by atoms with E-state index in [9.17, 15) is 19.0 Å². The van der Waals surface area contributed by atoms with Crippen molar-refractivity contribution in [2.75, 3.05) is 40.9 Å². The van der Waals surface area contributed by atoms with Gasteiger partial charge in [-0.25, -0.2) is 4.57 Å². The van der Waals surface area contributed by atoms with E-state index in [1.165, 1.54) is 77.0 Å². The summed E-state index contributed by atoms with van der Waals surface area (Å²) in [5.41, 5.74) is 0. The van der Waals surface area contributed by atoms with Gasteiger partial charge in [-0.1, -0.05) is 269 Å². The highest BCUT2D eigenvalue weighted by molar-refractivity contribution is 7.47. The summed E-state index contributed by atoms with van der Waals surface area (Å²) in [6.45, 7) is 6.73.